The molecule has 2 fully saturated rings. The lowest BCUT2D eigenvalue weighted by Crippen LogP contribution is -2.58. The molecule has 3 aliphatic carbocycles. The van der Waals surface area contributed by atoms with Crippen molar-refractivity contribution >= 4 is 23.2 Å². The maximum Gasteiger partial charge on any atom is 0.255 e. The number of nitrogens with two attached hydrogens (primary N) is 1. The van der Waals surface area contributed by atoms with Crippen molar-refractivity contribution in [1.29, 1.82) is 0 Å². The highest BCUT2D eigenvalue weighted by Crippen LogP contribution is 2.52. The predicted molar refractivity (Wildman–Crippen MR) is 121 cm³/mol. The third kappa shape index (κ3) is 3.18. The van der Waals surface area contributed by atoms with Gasteiger partial charge in [-0.1, -0.05) is 18.6 Å². The van der Waals surface area contributed by atoms with E-state index >= 15 is 0 Å². The SMILES string of the molecule is NC(=O)C1=C(O)[C@@]2(O)C(=O)C3=C(O)c4c(ccc(CN5CCCCC5)c4O)C[C@H]3C[C@H]2CC1=O. The number of amides is 1. The molecule has 5 rings (SSSR count). The van der Waals surface area contributed by atoms with Crippen molar-refractivity contribution in [3.8, 4) is 5.75 Å². The number of rotatable bonds is 3. The van der Waals surface area contributed by atoms with Gasteiger partial charge < -0.3 is 26.2 Å². The Morgan fingerprint density at radius 2 is 1.79 bits per heavy atom. The fraction of sp³-hybridized carbons (Fsp3) is 0.480. The summed E-state index contributed by atoms with van der Waals surface area (Å²) in [6.07, 6.45) is 3.50. The number of carbonyl (C=O) groups is 3. The van der Waals surface area contributed by atoms with E-state index < -0.39 is 52.0 Å². The minimum atomic E-state index is -2.53. The monoisotopic (exact) mass is 468 g/mol. The van der Waals surface area contributed by atoms with Crippen molar-refractivity contribution in [2.45, 2.75) is 50.7 Å². The molecule has 3 atom stereocenters. The van der Waals surface area contributed by atoms with Gasteiger partial charge in [-0.15, -0.1) is 0 Å². The van der Waals surface area contributed by atoms with Gasteiger partial charge in [-0.25, -0.2) is 0 Å². The van der Waals surface area contributed by atoms with Crippen LogP contribution in [0.2, 0.25) is 0 Å². The minimum Gasteiger partial charge on any atom is -0.508 e. The molecular formula is C25H28N2O7. The number of hydrogen-bond acceptors (Lipinski definition) is 8. The normalized spacial score (nSPS) is 29.6. The molecular weight excluding hydrogens is 440 g/mol. The number of carbonyl (C=O) groups excluding carboxylic acids is 3. The number of hydrogen-bond donors (Lipinski definition) is 5. The third-order valence-corrected chi connectivity index (χ3v) is 7.86. The number of aliphatic hydroxyl groups excluding tert-OH is 2. The molecule has 1 saturated heterocycles. The predicted octanol–water partition coefficient (Wildman–Crippen LogP) is 1.41. The van der Waals surface area contributed by atoms with Crippen molar-refractivity contribution in [3.05, 3.63) is 45.7 Å². The Hall–Kier alpha value is -3.17. The first-order valence-electron chi connectivity index (χ1n) is 11.7. The summed E-state index contributed by atoms with van der Waals surface area (Å²) in [5, 5.41) is 44.1. The number of piperidine rings is 1. The molecule has 1 amide bonds. The zero-order chi connectivity index (χ0) is 24.4. The van der Waals surface area contributed by atoms with Crippen LogP contribution in [0.15, 0.2) is 29.0 Å². The summed E-state index contributed by atoms with van der Waals surface area (Å²) in [4.78, 5) is 39.8. The Balaban J connectivity index is 1.58. The number of ketones is 2. The molecule has 34 heavy (non-hydrogen) atoms. The summed E-state index contributed by atoms with van der Waals surface area (Å²) >= 11 is 0. The first-order valence-corrected chi connectivity index (χ1v) is 11.7. The average molecular weight is 469 g/mol. The summed E-state index contributed by atoms with van der Waals surface area (Å²) in [7, 11) is 0. The zero-order valence-electron chi connectivity index (χ0n) is 18.7. The Morgan fingerprint density at radius 1 is 1.09 bits per heavy atom. The number of benzene rings is 1. The molecule has 0 bridgehead atoms. The molecule has 4 aliphatic rings. The maximum absolute atomic E-state index is 13.5. The largest absolute Gasteiger partial charge is 0.508 e. The molecule has 0 aromatic heterocycles. The van der Waals surface area contributed by atoms with Gasteiger partial charge in [0.1, 0.15) is 22.8 Å². The first kappa shape index (κ1) is 22.6. The zero-order valence-corrected chi connectivity index (χ0v) is 18.7. The molecule has 1 aliphatic heterocycles. The summed E-state index contributed by atoms with van der Waals surface area (Å²) in [6, 6.07) is 3.67. The van der Waals surface area contributed by atoms with Crippen molar-refractivity contribution in [2.24, 2.45) is 17.6 Å². The van der Waals surface area contributed by atoms with Crippen molar-refractivity contribution in [3.63, 3.8) is 0 Å². The van der Waals surface area contributed by atoms with Crippen LogP contribution >= 0.6 is 0 Å². The van der Waals surface area contributed by atoms with Gasteiger partial charge in [0, 0.05) is 30.0 Å². The van der Waals surface area contributed by atoms with Gasteiger partial charge in [0.25, 0.3) is 5.91 Å². The molecule has 0 spiro atoms. The first-order chi connectivity index (χ1) is 16.1. The Labute approximate surface area is 196 Å². The van der Waals surface area contributed by atoms with Crippen LogP contribution < -0.4 is 5.73 Å². The molecule has 0 unspecified atom stereocenters. The van der Waals surface area contributed by atoms with Gasteiger partial charge in [0.15, 0.2) is 11.4 Å². The fourth-order valence-electron chi connectivity index (χ4n) is 6.13. The van der Waals surface area contributed by atoms with Gasteiger partial charge in [-0.05, 0) is 50.3 Å². The van der Waals surface area contributed by atoms with E-state index in [1.165, 1.54) is 6.42 Å². The standard InChI is InChI=1S/C25H28N2O7/c26-24(33)19-16(28)10-15-9-14-8-12-4-5-13(11-27-6-2-1-3-7-27)20(29)17(12)21(30)18(14)22(31)25(15,34)23(19)32/h4-5,14-15,29-30,32,34H,1-3,6-11H2,(H2,26,33)/t14-,15-,25-/m0/s1. The lowest BCUT2D eigenvalue weighted by atomic mass is 9.59. The summed E-state index contributed by atoms with van der Waals surface area (Å²) in [5.41, 5.74) is 3.24. The summed E-state index contributed by atoms with van der Waals surface area (Å²) in [6.45, 7) is 2.36. The van der Waals surface area contributed by atoms with Crippen LogP contribution in [0.1, 0.15) is 48.8 Å². The molecule has 6 N–H and O–H groups in total. The van der Waals surface area contributed by atoms with Crippen LogP contribution in [0.5, 0.6) is 5.75 Å². The van der Waals surface area contributed by atoms with E-state index in [-0.39, 0.29) is 29.7 Å². The van der Waals surface area contributed by atoms with E-state index in [0.29, 0.717) is 24.1 Å². The van der Waals surface area contributed by atoms with E-state index in [2.05, 4.69) is 4.90 Å². The van der Waals surface area contributed by atoms with Gasteiger partial charge in [0.05, 0.1) is 5.56 Å². The van der Waals surface area contributed by atoms with E-state index in [1.54, 1.807) is 0 Å². The van der Waals surface area contributed by atoms with Gasteiger partial charge in [-0.2, -0.15) is 0 Å². The Kier molecular flexibility index (Phi) is 5.29. The number of nitrogens with zero attached hydrogens (tertiary/aromatic N) is 1. The highest BCUT2D eigenvalue weighted by molar-refractivity contribution is 6.22. The Morgan fingerprint density at radius 3 is 2.47 bits per heavy atom. The third-order valence-electron chi connectivity index (χ3n) is 7.86. The molecule has 1 aromatic rings. The van der Waals surface area contributed by atoms with Crippen LogP contribution in [-0.2, 0) is 27.3 Å². The van der Waals surface area contributed by atoms with E-state index in [0.717, 1.165) is 25.9 Å². The second-order valence-corrected chi connectivity index (χ2v) is 9.85. The Bertz CT molecular complexity index is 1180. The lowest BCUT2D eigenvalue weighted by Gasteiger charge is -2.46. The number of phenolic OH excluding ortho intramolecular Hbond substituents is 1. The molecule has 1 saturated carbocycles. The van der Waals surface area contributed by atoms with Crippen LogP contribution in [0.25, 0.3) is 5.76 Å². The van der Waals surface area contributed by atoms with Crippen LogP contribution in [0.4, 0.5) is 0 Å². The fourth-order valence-corrected chi connectivity index (χ4v) is 6.13. The van der Waals surface area contributed by atoms with Crippen molar-refractivity contribution in [2.75, 3.05) is 13.1 Å². The number of primary amides is 1. The van der Waals surface area contributed by atoms with Crippen LogP contribution in [0, 0.1) is 11.8 Å². The average Bonchev–Trinajstić information content (AvgIpc) is 2.78. The highest BCUT2D eigenvalue weighted by atomic mass is 16.3. The number of aliphatic hydroxyl groups is 3. The number of phenols is 1. The molecule has 180 valence electrons. The summed E-state index contributed by atoms with van der Waals surface area (Å²) < 4.78 is 0. The van der Waals surface area contributed by atoms with E-state index in [1.807, 2.05) is 12.1 Å². The molecule has 1 heterocycles. The number of Topliss-reactive ketones (excluding diaryl/α,β-unsaturated/α-hetero) is 2. The molecule has 0 radical (unpaired) electrons. The van der Waals surface area contributed by atoms with E-state index in [9.17, 15) is 34.8 Å². The van der Waals surface area contributed by atoms with E-state index in [4.69, 9.17) is 5.73 Å². The quantitative estimate of drug-likeness (QED) is 0.416. The topological polar surface area (TPSA) is 161 Å². The molecule has 9 nitrogen and oxygen atoms in total. The second-order valence-electron chi connectivity index (χ2n) is 9.85. The van der Waals surface area contributed by atoms with Gasteiger partial charge in [0.2, 0.25) is 5.78 Å². The van der Waals surface area contributed by atoms with Crippen LogP contribution in [-0.4, -0.2) is 61.5 Å². The maximum atomic E-state index is 13.5. The van der Waals surface area contributed by atoms with Crippen molar-refractivity contribution in [1.82, 2.24) is 4.90 Å². The number of fused-ring (bicyclic) bond motifs is 3. The molecule has 1 aromatic carbocycles. The smallest absolute Gasteiger partial charge is 0.255 e. The van der Waals surface area contributed by atoms with Gasteiger partial charge >= 0.3 is 0 Å². The van der Waals surface area contributed by atoms with Crippen molar-refractivity contribution < 1.29 is 34.8 Å². The minimum absolute atomic E-state index is 0.107. The molecule has 9 heteroatoms. The number of likely N-dealkylation sites (tertiary alicyclic amines) is 1. The highest BCUT2D eigenvalue weighted by Gasteiger charge is 2.60. The second kappa shape index (κ2) is 7.95. The number of aromatic hydroxyl groups is 1. The van der Waals surface area contributed by atoms with Crippen LogP contribution in [0.3, 0.4) is 0 Å². The lowest BCUT2D eigenvalue weighted by molar-refractivity contribution is -0.147. The summed E-state index contributed by atoms with van der Waals surface area (Å²) in [5.74, 6) is -5.98. The van der Waals surface area contributed by atoms with Gasteiger partial charge in [-0.3, -0.25) is 19.3 Å².